The second-order valence-corrected chi connectivity index (χ2v) is 4.67. The fourth-order valence-electron chi connectivity index (χ4n) is 2.12. The summed E-state index contributed by atoms with van der Waals surface area (Å²) in [4.78, 5) is 3.98. The van der Waals surface area contributed by atoms with Gasteiger partial charge in [-0.25, -0.2) is 4.98 Å². The van der Waals surface area contributed by atoms with Gasteiger partial charge in [-0.15, -0.1) is 0 Å². The van der Waals surface area contributed by atoms with Gasteiger partial charge < -0.3 is 9.84 Å². The number of hydrogen-bond donors (Lipinski definition) is 1. The lowest BCUT2D eigenvalue weighted by molar-refractivity contribution is 0.220. The molecule has 92 valence electrons. The zero-order valence-corrected chi connectivity index (χ0v) is 10.4. The number of rotatable bonds is 2. The number of hydrogen-bond acceptors (Lipinski definition) is 3. The quantitative estimate of drug-likeness (QED) is 0.846. The van der Waals surface area contributed by atoms with E-state index in [0.717, 1.165) is 35.5 Å². The van der Waals surface area contributed by atoms with E-state index in [0.29, 0.717) is 5.15 Å². The largest absolute Gasteiger partial charge is 0.493 e. The van der Waals surface area contributed by atoms with E-state index < -0.39 is 6.10 Å². The van der Waals surface area contributed by atoms with Crippen molar-refractivity contribution in [3.05, 3.63) is 58.4 Å². The normalized spacial score (nSPS) is 15.0. The van der Waals surface area contributed by atoms with Gasteiger partial charge in [-0.3, -0.25) is 0 Å². The van der Waals surface area contributed by atoms with Gasteiger partial charge in [0.2, 0.25) is 0 Å². The second kappa shape index (κ2) is 4.59. The standard InChI is InChI=1S/C14H12ClNO2/c15-13-4-2-11(8-16-13)14(17)10-1-3-12-9(7-10)5-6-18-12/h1-4,7-8,14,17H,5-6H2. The van der Waals surface area contributed by atoms with Crippen molar-refractivity contribution in [2.24, 2.45) is 0 Å². The van der Waals surface area contributed by atoms with Crippen molar-refractivity contribution < 1.29 is 9.84 Å². The zero-order chi connectivity index (χ0) is 12.5. The van der Waals surface area contributed by atoms with Crippen LogP contribution in [0.1, 0.15) is 22.8 Å². The summed E-state index contributed by atoms with van der Waals surface area (Å²) in [5, 5.41) is 10.7. The van der Waals surface area contributed by atoms with Crippen LogP contribution in [0.25, 0.3) is 0 Å². The number of halogens is 1. The molecule has 1 aromatic carbocycles. The van der Waals surface area contributed by atoms with Crippen molar-refractivity contribution in [2.45, 2.75) is 12.5 Å². The van der Waals surface area contributed by atoms with Crippen LogP contribution in [0.4, 0.5) is 0 Å². The molecule has 1 unspecified atom stereocenters. The van der Waals surface area contributed by atoms with E-state index in [1.807, 2.05) is 18.2 Å². The maximum atomic E-state index is 10.3. The summed E-state index contributed by atoms with van der Waals surface area (Å²) in [7, 11) is 0. The number of ether oxygens (including phenoxy) is 1. The maximum absolute atomic E-state index is 10.3. The smallest absolute Gasteiger partial charge is 0.129 e. The number of fused-ring (bicyclic) bond motifs is 1. The average Bonchev–Trinajstić information content (AvgIpc) is 2.86. The predicted molar refractivity (Wildman–Crippen MR) is 68.9 cm³/mol. The number of pyridine rings is 1. The van der Waals surface area contributed by atoms with Gasteiger partial charge in [0.05, 0.1) is 6.61 Å². The van der Waals surface area contributed by atoms with E-state index in [2.05, 4.69) is 4.98 Å². The van der Waals surface area contributed by atoms with Crippen LogP contribution in [0.15, 0.2) is 36.5 Å². The van der Waals surface area contributed by atoms with Crippen LogP contribution < -0.4 is 4.74 Å². The Morgan fingerprint density at radius 1 is 1.22 bits per heavy atom. The van der Waals surface area contributed by atoms with Gasteiger partial charge in [0.15, 0.2) is 0 Å². The van der Waals surface area contributed by atoms with Crippen LogP contribution in [-0.2, 0) is 6.42 Å². The fourth-order valence-corrected chi connectivity index (χ4v) is 2.23. The van der Waals surface area contributed by atoms with Crippen molar-refractivity contribution in [3.8, 4) is 5.75 Å². The van der Waals surface area contributed by atoms with Gasteiger partial charge in [-0.1, -0.05) is 23.7 Å². The minimum atomic E-state index is -0.680. The van der Waals surface area contributed by atoms with Crippen molar-refractivity contribution in [1.29, 1.82) is 0 Å². The molecule has 0 saturated carbocycles. The minimum Gasteiger partial charge on any atom is -0.493 e. The van der Waals surface area contributed by atoms with Crippen LogP contribution in [0, 0.1) is 0 Å². The van der Waals surface area contributed by atoms with E-state index in [1.165, 1.54) is 0 Å². The lowest BCUT2D eigenvalue weighted by atomic mass is 10.0. The first-order valence-electron chi connectivity index (χ1n) is 5.79. The van der Waals surface area contributed by atoms with Gasteiger partial charge in [-0.2, -0.15) is 0 Å². The Bertz CT molecular complexity index is 569. The topological polar surface area (TPSA) is 42.4 Å². The van der Waals surface area contributed by atoms with Crippen molar-refractivity contribution >= 4 is 11.6 Å². The molecule has 0 spiro atoms. The molecule has 1 aliphatic heterocycles. The lowest BCUT2D eigenvalue weighted by Gasteiger charge is -2.12. The number of aliphatic hydroxyl groups is 1. The summed E-state index contributed by atoms with van der Waals surface area (Å²) < 4.78 is 5.44. The summed E-state index contributed by atoms with van der Waals surface area (Å²) in [5.41, 5.74) is 2.73. The molecule has 18 heavy (non-hydrogen) atoms. The first-order valence-corrected chi connectivity index (χ1v) is 6.17. The molecular weight excluding hydrogens is 250 g/mol. The first-order chi connectivity index (χ1) is 8.74. The Kier molecular flexibility index (Phi) is 2.94. The number of benzene rings is 1. The van der Waals surface area contributed by atoms with Crippen molar-refractivity contribution in [3.63, 3.8) is 0 Å². The minimum absolute atomic E-state index is 0.424. The van der Waals surface area contributed by atoms with E-state index in [1.54, 1.807) is 18.3 Å². The molecule has 1 aliphatic rings. The molecule has 2 aromatic rings. The molecule has 0 bridgehead atoms. The van der Waals surface area contributed by atoms with E-state index in [-0.39, 0.29) is 0 Å². The number of aliphatic hydroxyl groups excluding tert-OH is 1. The highest BCUT2D eigenvalue weighted by Gasteiger charge is 2.16. The summed E-state index contributed by atoms with van der Waals surface area (Å²) in [5.74, 6) is 0.917. The molecule has 0 fully saturated rings. The summed E-state index contributed by atoms with van der Waals surface area (Å²) in [6.45, 7) is 0.720. The van der Waals surface area contributed by atoms with Crippen LogP contribution in [-0.4, -0.2) is 16.7 Å². The third-order valence-corrected chi connectivity index (χ3v) is 3.32. The number of aromatic nitrogens is 1. The molecule has 3 rings (SSSR count). The Morgan fingerprint density at radius 2 is 2.06 bits per heavy atom. The molecule has 2 heterocycles. The van der Waals surface area contributed by atoms with Gasteiger partial charge in [-0.05, 0) is 29.3 Å². The highest BCUT2D eigenvalue weighted by atomic mass is 35.5. The molecule has 0 aliphatic carbocycles. The molecule has 1 atom stereocenters. The molecule has 0 amide bonds. The SMILES string of the molecule is OC(c1ccc(Cl)nc1)c1ccc2c(c1)CCO2. The Hall–Kier alpha value is -1.58. The van der Waals surface area contributed by atoms with Crippen LogP contribution >= 0.6 is 11.6 Å². The molecule has 1 N–H and O–H groups in total. The van der Waals surface area contributed by atoms with Gasteiger partial charge in [0.1, 0.15) is 17.0 Å². The predicted octanol–water partition coefficient (Wildman–Crippen LogP) is 2.75. The molecule has 0 saturated heterocycles. The van der Waals surface area contributed by atoms with E-state index in [4.69, 9.17) is 16.3 Å². The second-order valence-electron chi connectivity index (χ2n) is 4.28. The highest BCUT2D eigenvalue weighted by Crippen LogP contribution is 2.30. The molecule has 3 nitrogen and oxygen atoms in total. The average molecular weight is 262 g/mol. The molecule has 1 aromatic heterocycles. The molecular formula is C14H12ClNO2. The Labute approximate surface area is 110 Å². The summed E-state index contributed by atoms with van der Waals surface area (Å²) >= 11 is 5.73. The monoisotopic (exact) mass is 261 g/mol. The van der Waals surface area contributed by atoms with Gasteiger partial charge in [0.25, 0.3) is 0 Å². The first kappa shape index (κ1) is 11.5. The lowest BCUT2D eigenvalue weighted by Crippen LogP contribution is -2.00. The summed E-state index contributed by atoms with van der Waals surface area (Å²) in [6.07, 6.45) is 1.81. The number of nitrogens with zero attached hydrogens (tertiary/aromatic N) is 1. The van der Waals surface area contributed by atoms with Crippen LogP contribution in [0.3, 0.4) is 0 Å². The van der Waals surface area contributed by atoms with Gasteiger partial charge >= 0.3 is 0 Å². The Balaban J connectivity index is 1.92. The van der Waals surface area contributed by atoms with Crippen molar-refractivity contribution in [2.75, 3.05) is 6.61 Å². The van der Waals surface area contributed by atoms with E-state index >= 15 is 0 Å². The molecule has 0 radical (unpaired) electrons. The zero-order valence-electron chi connectivity index (χ0n) is 9.64. The van der Waals surface area contributed by atoms with E-state index in [9.17, 15) is 5.11 Å². The maximum Gasteiger partial charge on any atom is 0.129 e. The van der Waals surface area contributed by atoms with Crippen LogP contribution in [0.5, 0.6) is 5.75 Å². The van der Waals surface area contributed by atoms with Gasteiger partial charge in [0, 0.05) is 18.2 Å². The highest BCUT2D eigenvalue weighted by molar-refractivity contribution is 6.29. The fraction of sp³-hybridized carbons (Fsp3) is 0.214. The Morgan fingerprint density at radius 3 is 2.83 bits per heavy atom. The summed E-state index contributed by atoms with van der Waals surface area (Å²) in [6, 6.07) is 9.23. The third kappa shape index (κ3) is 2.07. The third-order valence-electron chi connectivity index (χ3n) is 3.10. The molecule has 4 heteroatoms. The van der Waals surface area contributed by atoms with Crippen LogP contribution in [0.2, 0.25) is 5.15 Å². The van der Waals surface area contributed by atoms with Crippen molar-refractivity contribution in [1.82, 2.24) is 4.98 Å².